The lowest BCUT2D eigenvalue weighted by Crippen LogP contribution is -2.29. The summed E-state index contributed by atoms with van der Waals surface area (Å²) in [4.78, 5) is 26.0. The Kier molecular flexibility index (Phi) is 6.92. The SMILES string of the molecule is O=C(COC(=O)/C=C/c1ccc(I)o1)Nc1ccc(N2CCCCC2)cc1. The average molecular weight is 480 g/mol. The van der Waals surface area contributed by atoms with Crippen LogP contribution in [0.3, 0.4) is 0 Å². The molecule has 1 amide bonds. The molecule has 27 heavy (non-hydrogen) atoms. The van der Waals surface area contributed by atoms with Crippen LogP contribution >= 0.6 is 22.6 Å². The fourth-order valence-electron chi connectivity index (χ4n) is 2.86. The number of carbonyl (C=O) groups excluding carboxylic acids is 2. The summed E-state index contributed by atoms with van der Waals surface area (Å²) in [5.74, 6) is -0.429. The van der Waals surface area contributed by atoms with Crippen molar-refractivity contribution in [3.8, 4) is 0 Å². The predicted molar refractivity (Wildman–Crippen MR) is 113 cm³/mol. The fraction of sp³-hybridized carbons (Fsp3) is 0.300. The van der Waals surface area contributed by atoms with Crippen molar-refractivity contribution < 1.29 is 18.7 Å². The van der Waals surface area contributed by atoms with Gasteiger partial charge in [-0.05, 0) is 84.3 Å². The van der Waals surface area contributed by atoms with E-state index in [2.05, 4.69) is 10.2 Å². The first-order valence-corrected chi connectivity index (χ1v) is 9.93. The largest absolute Gasteiger partial charge is 0.452 e. The molecule has 1 aromatic carbocycles. The summed E-state index contributed by atoms with van der Waals surface area (Å²) in [5.41, 5.74) is 1.84. The van der Waals surface area contributed by atoms with Gasteiger partial charge in [0.05, 0.1) is 0 Å². The molecule has 0 unspecified atom stereocenters. The van der Waals surface area contributed by atoms with E-state index in [1.807, 2.05) is 46.9 Å². The van der Waals surface area contributed by atoms with Gasteiger partial charge in [0.2, 0.25) is 0 Å². The first-order valence-electron chi connectivity index (χ1n) is 8.85. The zero-order chi connectivity index (χ0) is 19.1. The molecule has 0 radical (unpaired) electrons. The maximum atomic E-state index is 11.9. The second-order valence-electron chi connectivity index (χ2n) is 6.23. The standard InChI is InChI=1S/C20H21IN2O4/c21-18-10-8-17(27-18)9-11-20(25)26-14-19(24)22-15-4-6-16(7-5-15)23-12-2-1-3-13-23/h4-11H,1-3,12-14H2,(H,22,24)/b11-9+. The van der Waals surface area contributed by atoms with Crippen molar-refractivity contribution in [1.82, 2.24) is 0 Å². The van der Waals surface area contributed by atoms with Crippen molar-refractivity contribution in [1.29, 1.82) is 0 Å². The molecule has 1 N–H and O–H groups in total. The van der Waals surface area contributed by atoms with Gasteiger partial charge in [-0.3, -0.25) is 4.79 Å². The van der Waals surface area contributed by atoms with Gasteiger partial charge in [-0.15, -0.1) is 0 Å². The normalized spacial score (nSPS) is 14.3. The van der Waals surface area contributed by atoms with Gasteiger partial charge in [0, 0.05) is 30.5 Å². The van der Waals surface area contributed by atoms with Crippen LogP contribution < -0.4 is 10.2 Å². The summed E-state index contributed by atoms with van der Waals surface area (Å²) in [6.45, 7) is 1.81. The molecule has 1 aliphatic heterocycles. The smallest absolute Gasteiger partial charge is 0.331 e. The van der Waals surface area contributed by atoms with Crippen LogP contribution in [0.1, 0.15) is 25.0 Å². The molecule has 3 rings (SSSR count). The summed E-state index contributed by atoms with van der Waals surface area (Å²) in [7, 11) is 0. The topological polar surface area (TPSA) is 71.8 Å². The van der Waals surface area contributed by atoms with Gasteiger partial charge in [0.15, 0.2) is 10.4 Å². The maximum absolute atomic E-state index is 11.9. The molecular weight excluding hydrogens is 459 g/mol. The Morgan fingerprint density at radius 2 is 1.85 bits per heavy atom. The van der Waals surface area contributed by atoms with E-state index in [9.17, 15) is 9.59 Å². The number of hydrogen-bond acceptors (Lipinski definition) is 5. The zero-order valence-electron chi connectivity index (χ0n) is 14.8. The number of carbonyl (C=O) groups is 2. The Hall–Kier alpha value is -2.29. The number of amides is 1. The molecule has 1 saturated heterocycles. The molecule has 1 fully saturated rings. The third-order valence-electron chi connectivity index (χ3n) is 4.20. The van der Waals surface area contributed by atoms with Gasteiger partial charge >= 0.3 is 5.97 Å². The minimum Gasteiger partial charge on any atom is -0.452 e. The highest BCUT2D eigenvalue weighted by Crippen LogP contribution is 2.21. The van der Waals surface area contributed by atoms with E-state index in [0.29, 0.717) is 11.4 Å². The molecule has 0 bridgehead atoms. The van der Waals surface area contributed by atoms with Gasteiger partial charge in [0.1, 0.15) is 5.76 Å². The third kappa shape index (κ3) is 6.13. The number of nitrogens with one attached hydrogen (secondary N) is 1. The molecule has 6 nitrogen and oxygen atoms in total. The summed E-state index contributed by atoms with van der Waals surface area (Å²) in [6, 6.07) is 11.3. The van der Waals surface area contributed by atoms with Gasteiger partial charge in [-0.25, -0.2) is 4.79 Å². The van der Waals surface area contributed by atoms with Crippen LogP contribution in [0.2, 0.25) is 0 Å². The lowest BCUT2D eigenvalue weighted by molar-refractivity contribution is -0.142. The molecule has 7 heteroatoms. The predicted octanol–water partition coefficient (Wildman–Crippen LogP) is 4.07. The van der Waals surface area contributed by atoms with Crippen molar-refractivity contribution in [2.75, 3.05) is 29.9 Å². The number of piperidine rings is 1. The highest BCUT2D eigenvalue weighted by Gasteiger charge is 2.11. The van der Waals surface area contributed by atoms with Crippen molar-refractivity contribution in [3.63, 3.8) is 0 Å². The number of halogens is 1. The van der Waals surface area contributed by atoms with Crippen molar-refractivity contribution in [2.45, 2.75) is 19.3 Å². The minimum atomic E-state index is -0.600. The average Bonchev–Trinajstić information content (AvgIpc) is 3.11. The van der Waals surface area contributed by atoms with E-state index in [-0.39, 0.29) is 12.5 Å². The van der Waals surface area contributed by atoms with E-state index in [0.717, 1.165) is 22.5 Å². The molecule has 0 aliphatic carbocycles. The molecule has 1 aliphatic rings. The molecule has 2 heterocycles. The number of furan rings is 1. The van der Waals surface area contributed by atoms with E-state index in [1.165, 1.54) is 31.4 Å². The molecule has 0 spiro atoms. The van der Waals surface area contributed by atoms with Crippen molar-refractivity contribution >= 4 is 51.9 Å². The van der Waals surface area contributed by atoms with Crippen LogP contribution in [0.4, 0.5) is 11.4 Å². The van der Waals surface area contributed by atoms with Crippen LogP contribution in [0.5, 0.6) is 0 Å². The van der Waals surface area contributed by atoms with Crippen LogP contribution in [0.15, 0.2) is 46.9 Å². The highest BCUT2D eigenvalue weighted by atomic mass is 127. The quantitative estimate of drug-likeness (QED) is 0.384. The summed E-state index contributed by atoms with van der Waals surface area (Å²) in [5, 5.41) is 2.73. The van der Waals surface area contributed by atoms with Crippen molar-refractivity contribution in [3.05, 3.63) is 52.0 Å². The summed E-state index contributed by atoms with van der Waals surface area (Å²) in [6.07, 6.45) is 6.46. The lowest BCUT2D eigenvalue weighted by atomic mass is 10.1. The molecule has 2 aromatic rings. The van der Waals surface area contributed by atoms with Crippen LogP contribution in [-0.4, -0.2) is 31.6 Å². The number of benzene rings is 1. The van der Waals surface area contributed by atoms with Gasteiger partial charge < -0.3 is 19.4 Å². The number of rotatable bonds is 6. The number of ether oxygens (including phenoxy) is 1. The van der Waals surface area contributed by atoms with E-state index < -0.39 is 5.97 Å². The second-order valence-corrected chi connectivity index (χ2v) is 7.29. The molecular formula is C20H21IN2O4. The lowest BCUT2D eigenvalue weighted by Gasteiger charge is -2.28. The number of hydrogen-bond donors (Lipinski definition) is 1. The Morgan fingerprint density at radius 3 is 2.52 bits per heavy atom. The van der Waals surface area contributed by atoms with Gasteiger partial charge in [0.25, 0.3) is 5.91 Å². The number of esters is 1. The highest BCUT2D eigenvalue weighted by molar-refractivity contribution is 14.1. The molecule has 1 aromatic heterocycles. The zero-order valence-corrected chi connectivity index (χ0v) is 17.0. The second kappa shape index (κ2) is 9.59. The Morgan fingerprint density at radius 1 is 1.11 bits per heavy atom. The minimum absolute atomic E-state index is 0.341. The Bertz CT molecular complexity index is 808. The van der Waals surface area contributed by atoms with Crippen LogP contribution in [0.25, 0.3) is 6.08 Å². The molecule has 0 saturated carbocycles. The van der Waals surface area contributed by atoms with Gasteiger partial charge in [-0.1, -0.05) is 0 Å². The monoisotopic (exact) mass is 480 g/mol. The van der Waals surface area contributed by atoms with E-state index >= 15 is 0 Å². The third-order valence-corrected chi connectivity index (χ3v) is 4.78. The van der Waals surface area contributed by atoms with Crippen LogP contribution in [-0.2, 0) is 14.3 Å². The fourth-order valence-corrected chi connectivity index (χ4v) is 3.29. The molecule has 142 valence electrons. The first-order chi connectivity index (χ1) is 13.1. The number of anilines is 2. The van der Waals surface area contributed by atoms with Crippen LogP contribution in [0, 0.1) is 3.77 Å². The Labute approximate surface area is 171 Å². The van der Waals surface area contributed by atoms with Crippen molar-refractivity contribution in [2.24, 2.45) is 0 Å². The molecule has 0 atom stereocenters. The van der Waals surface area contributed by atoms with E-state index in [4.69, 9.17) is 9.15 Å². The summed E-state index contributed by atoms with van der Waals surface area (Å²) < 4.78 is 11.0. The maximum Gasteiger partial charge on any atom is 0.331 e. The summed E-state index contributed by atoms with van der Waals surface area (Å²) >= 11 is 2.04. The first kappa shape index (κ1) is 19.5. The van der Waals surface area contributed by atoms with E-state index in [1.54, 1.807) is 12.1 Å². The van der Waals surface area contributed by atoms with Gasteiger partial charge in [-0.2, -0.15) is 0 Å². The number of nitrogens with zero attached hydrogens (tertiary/aromatic N) is 1. The Balaban J connectivity index is 1.43.